The summed E-state index contributed by atoms with van der Waals surface area (Å²) in [4.78, 5) is 14.6. The molecular formula is C19H28N4O2. The lowest BCUT2D eigenvalue weighted by molar-refractivity contribution is -0.125. The highest BCUT2D eigenvalue weighted by Crippen LogP contribution is 2.23. The van der Waals surface area contributed by atoms with E-state index in [9.17, 15) is 4.79 Å². The van der Waals surface area contributed by atoms with Crippen molar-refractivity contribution in [1.82, 2.24) is 15.5 Å². The molecule has 1 aromatic heterocycles. The number of methoxy groups -OCH3 is 1. The second-order valence-corrected chi connectivity index (χ2v) is 6.87. The number of carbonyl (C=O) groups excluding carboxylic acids is 1. The molecule has 136 valence electrons. The quantitative estimate of drug-likeness (QED) is 0.804. The van der Waals surface area contributed by atoms with E-state index in [2.05, 4.69) is 26.5 Å². The second-order valence-electron chi connectivity index (χ2n) is 6.87. The first kappa shape index (κ1) is 17.7. The molecule has 1 amide bonds. The maximum atomic E-state index is 12.5. The van der Waals surface area contributed by atoms with Gasteiger partial charge in [0.1, 0.15) is 0 Å². The lowest BCUT2D eigenvalue weighted by Crippen LogP contribution is -2.43. The van der Waals surface area contributed by atoms with Crippen LogP contribution in [0.5, 0.6) is 5.88 Å². The summed E-state index contributed by atoms with van der Waals surface area (Å²) in [5.41, 5.74) is 1.50. The molecule has 2 aliphatic rings. The van der Waals surface area contributed by atoms with Crippen molar-refractivity contribution in [3.05, 3.63) is 23.8 Å². The molecule has 0 saturated carbocycles. The number of anilines is 1. The van der Waals surface area contributed by atoms with Gasteiger partial charge in [0.15, 0.2) is 5.82 Å². The van der Waals surface area contributed by atoms with Crippen molar-refractivity contribution >= 4 is 11.7 Å². The fourth-order valence-electron chi connectivity index (χ4n) is 3.61. The average molecular weight is 344 g/mol. The summed E-state index contributed by atoms with van der Waals surface area (Å²) in [6.07, 6.45) is 10.3. The molecule has 1 fully saturated rings. The zero-order chi connectivity index (χ0) is 17.5. The summed E-state index contributed by atoms with van der Waals surface area (Å²) >= 11 is 0. The van der Waals surface area contributed by atoms with Crippen molar-refractivity contribution in [1.29, 1.82) is 0 Å². The number of hydrogen-bond donors (Lipinski definition) is 1. The zero-order valence-corrected chi connectivity index (χ0v) is 15.0. The zero-order valence-electron chi connectivity index (χ0n) is 15.0. The fraction of sp³-hybridized carbons (Fsp3) is 0.632. The van der Waals surface area contributed by atoms with Gasteiger partial charge in [0.25, 0.3) is 0 Å². The molecule has 0 bridgehead atoms. The summed E-state index contributed by atoms with van der Waals surface area (Å²) in [6, 6.07) is 3.71. The first-order valence-corrected chi connectivity index (χ1v) is 9.34. The summed E-state index contributed by atoms with van der Waals surface area (Å²) in [5.74, 6) is 1.51. The molecule has 2 heterocycles. The number of nitrogens with zero attached hydrogens (tertiary/aromatic N) is 3. The molecule has 1 aliphatic carbocycles. The van der Waals surface area contributed by atoms with E-state index in [1.807, 2.05) is 12.1 Å². The van der Waals surface area contributed by atoms with Crippen LogP contribution in [0.4, 0.5) is 5.82 Å². The Balaban J connectivity index is 1.48. The number of hydrogen-bond acceptors (Lipinski definition) is 5. The third kappa shape index (κ3) is 4.94. The minimum Gasteiger partial charge on any atom is -0.480 e. The molecule has 1 atom stereocenters. The molecule has 25 heavy (non-hydrogen) atoms. The van der Waals surface area contributed by atoms with E-state index in [0.29, 0.717) is 12.4 Å². The molecule has 1 saturated heterocycles. The third-order valence-electron chi connectivity index (χ3n) is 5.08. The van der Waals surface area contributed by atoms with Crippen LogP contribution in [-0.2, 0) is 4.79 Å². The molecule has 0 unspecified atom stereocenters. The SMILES string of the molecule is COc1ccc(N2CCC[C@H](C(=O)NCCC3=CCCCC3)C2)nn1. The van der Waals surface area contributed by atoms with Crippen molar-refractivity contribution in [3.63, 3.8) is 0 Å². The summed E-state index contributed by atoms with van der Waals surface area (Å²) in [7, 11) is 1.58. The summed E-state index contributed by atoms with van der Waals surface area (Å²) in [6.45, 7) is 2.37. The van der Waals surface area contributed by atoms with Crippen molar-refractivity contribution < 1.29 is 9.53 Å². The highest BCUT2D eigenvalue weighted by atomic mass is 16.5. The number of rotatable bonds is 6. The number of ether oxygens (including phenoxy) is 1. The van der Waals surface area contributed by atoms with Crippen molar-refractivity contribution in [2.24, 2.45) is 5.92 Å². The molecular weight excluding hydrogens is 316 g/mol. The lowest BCUT2D eigenvalue weighted by atomic mass is 9.96. The van der Waals surface area contributed by atoms with Crippen LogP contribution in [0, 0.1) is 5.92 Å². The molecule has 0 aromatic carbocycles. The van der Waals surface area contributed by atoms with Gasteiger partial charge >= 0.3 is 0 Å². The number of amides is 1. The van der Waals surface area contributed by atoms with Gasteiger partial charge in [-0.3, -0.25) is 4.79 Å². The number of piperidine rings is 1. The fourth-order valence-corrected chi connectivity index (χ4v) is 3.61. The maximum absolute atomic E-state index is 12.5. The Hall–Kier alpha value is -2.11. The second kappa shape index (κ2) is 8.83. The average Bonchev–Trinajstić information content (AvgIpc) is 2.69. The molecule has 3 rings (SSSR count). The van der Waals surface area contributed by atoms with Gasteiger partial charge in [0.05, 0.1) is 13.0 Å². The van der Waals surface area contributed by atoms with Crippen LogP contribution < -0.4 is 15.0 Å². The molecule has 1 aromatic rings. The standard InChI is InChI=1S/C19H28N4O2/c1-25-18-10-9-17(21-22-18)23-13-5-8-16(14-23)19(24)20-12-11-15-6-3-2-4-7-15/h6,9-10,16H,2-5,7-8,11-14H2,1H3,(H,20,24)/t16-/m0/s1. The normalized spacial score (nSPS) is 20.8. The van der Waals surface area contributed by atoms with E-state index in [4.69, 9.17) is 4.74 Å². The predicted octanol–water partition coefficient (Wildman–Crippen LogP) is 2.71. The maximum Gasteiger partial charge on any atom is 0.233 e. The van der Waals surface area contributed by atoms with E-state index in [-0.39, 0.29) is 11.8 Å². The van der Waals surface area contributed by atoms with Gasteiger partial charge < -0.3 is 15.0 Å². The number of carbonyl (C=O) groups is 1. The van der Waals surface area contributed by atoms with E-state index >= 15 is 0 Å². The monoisotopic (exact) mass is 344 g/mol. The van der Waals surface area contributed by atoms with Crippen LogP contribution in [0.3, 0.4) is 0 Å². The number of aromatic nitrogens is 2. The van der Waals surface area contributed by atoms with Crippen LogP contribution in [0.25, 0.3) is 0 Å². The smallest absolute Gasteiger partial charge is 0.233 e. The topological polar surface area (TPSA) is 67.3 Å². The largest absolute Gasteiger partial charge is 0.480 e. The van der Waals surface area contributed by atoms with Gasteiger partial charge in [-0.2, -0.15) is 0 Å². The minimum atomic E-state index is 0.0259. The van der Waals surface area contributed by atoms with Gasteiger partial charge in [-0.25, -0.2) is 0 Å². The van der Waals surface area contributed by atoms with Crippen LogP contribution >= 0.6 is 0 Å². The van der Waals surface area contributed by atoms with E-state index in [1.165, 1.54) is 31.3 Å². The summed E-state index contributed by atoms with van der Waals surface area (Å²) < 4.78 is 5.05. The van der Waals surface area contributed by atoms with Crippen molar-refractivity contribution in [2.45, 2.75) is 44.9 Å². The Morgan fingerprint density at radius 1 is 1.32 bits per heavy atom. The van der Waals surface area contributed by atoms with Gasteiger partial charge in [-0.1, -0.05) is 11.6 Å². The van der Waals surface area contributed by atoms with Gasteiger partial charge in [0.2, 0.25) is 11.8 Å². The molecule has 1 aliphatic heterocycles. The Morgan fingerprint density at radius 3 is 2.96 bits per heavy atom. The van der Waals surface area contributed by atoms with Gasteiger partial charge in [-0.15, -0.1) is 10.2 Å². The highest BCUT2D eigenvalue weighted by molar-refractivity contribution is 5.79. The van der Waals surface area contributed by atoms with Gasteiger partial charge in [0, 0.05) is 25.7 Å². The number of allylic oxidation sites excluding steroid dienone is 1. The minimum absolute atomic E-state index is 0.0259. The Kier molecular flexibility index (Phi) is 6.25. The van der Waals surface area contributed by atoms with Crippen LogP contribution in [-0.4, -0.2) is 42.8 Å². The Bertz CT molecular complexity index is 600. The van der Waals surface area contributed by atoms with Crippen LogP contribution in [0.1, 0.15) is 44.9 Å². The van der Waals surface area contributed by atoms with Crippen LogP contribution in [0.15, 0.2) is 23.8 Å². The molecule has 0 radical (unpaired) electrons. The van der Waals surface area contributed by atoms with E-state index < -0.39 is 0 Å². The Labute approximate surface area is 149 Å². The third-order valence-corrected chi connectivity index (χ3v) is 5.08. The highest BCUT2D eigenvalue weighted by Gasteiger charge is 2.26. The molecule has 6 nitrogen and oxygen atoms in total. The van der Waals surface area contributed by atoms with Gasteiger partial charge in [-0.05, 0) is 51.0 Å². The molecule has 0 spiro atoms. The first-order valence-electron chi connectivity index (χ1n) is 9.34. The summed E-state index contributed by atoms with van der Waals surface area (Å²) in [5, 5.41) is 11.4. The Morgan fingerprint density at radius 2 is 2.24 bits per heavy atom. The van der Waals surface area contributed by atoms with Crippen molar-refractivity contribution in [2.75, 3.05) is 31.6 Å². The number of nitrogens with one attached hydrogen (secondary N) is 1. The lowest BCUT2D eigenvalue weighted by Gasteiger charge is -2.32. The van der Waals surface area contributed by atoms with Crippen molar-refractivity contribution in [3.8, 4) is 5.88 Å². The molecule has 1 N–H and O–H groups in total. The molecule has 6 heteroatoms. The van der Waals surface area contributed by atoms with Crippen LogP contribution in [0.2, 0.25) is 0 Å². The van der Waals surface area contributed by atoms with E-state index in [0.717, 1.165) is 38.2 Å². The first-order chi connectivity index (χ1) is 12.3. The van der Waals surface area contributed by atoms with E-state index in [1.54, 1.807) is 7.11 Å². The predicted molar refractivity (Wildman–Crippen MR) is 97.7 cm³/mol.